The Labute approximate surface area is 125 Å². The average molecular weight is 314 g/mol. The summed E-state index contributed by atoms with van der Waals surface area (Å²) >= 11 is 0. The van der Waals surface area contributed by atoms with E-state index in [4.69, 9.17) is 14.2 Å². The van der Waals surface area contributed by atoms with Crippen molar-refractivity contribution in [3.05, 3.63) is 0 Å². The molecule has 1 spiro atoms. The number of carbonyl (C=O) groups is 1. The second-order valence-corrected chi connectivity index (χ2v) is 7.75. The molecule has 0 aromatic rings. The zero-order valence-corrected chi connectivity index (χ0v) is 12.1. The Balaban J connectivity index is 1.73. The molecule has 9 atom stereocenters. The zero-order chi connectivity index (χ0) is 15.9. The normalized spacial score (nSPS) is 64.4. The summed E-state index contributed by atoms with van der Waals surface area (Å²) in [5.74, 6) is -3.00. The summed E-state index contributed by atoms with van der Waals surface area (Å²) in [6.07, 6.45) is -3.76. The monoisotopic (exact) mass is 314 g/mol. The van der Waals surface area contributed by atoms with Crippen LogP contribution >= 0.6 is 0 Å². The first-order valence-corrected chi connectivity index (χ1v) is 7.45. The van der Waals surface area contributed by atoms with Crippen molar-refractivity contribution in [3.8, 4) is 0 Å². The highest BCUT2D eigenvalue weighted by Crippen LogP contribution is 2.71. The molecule has 0 amide bonds. The molecular formula is C14H18O8. The van der Waals surface area contributed by atoms with Crippen molar-refractivity contribution in [3.63, 3.8) is 0 Å². The second-order valence-electron chi connectivity index (χ2n) is 7.75. The summed E-state index contributed by atoms with van der Waals surface area (Å²) in [5.41, 5.74) is -6.50. The molecule has 5 aliphatic rings. The minimum absolute atomic E-state index is 0.326. The molecule has 3 heterocycles. The highest BCUT2D eigenvalue weighted by molar-refractivity contribution is 5.81. The van der Waals surface area contributed by atoms with Gasteiger partial charge < -0.3 is 34.6 Å². The van der Waals surface area contributed by atoms with E-state index in [9.17, 15) is 25.2 Å². The van der Waals surface area contributed by atoms with Crippen molar-refractivity contribution >= 4 is 5.97 Å². The second kappa shape index (κ2) is 3.22. The van der Waals surface area contributed by atoms with Gasteiger partial charge in [-0.25, -0.2) is 0 Å². The Bertz CT molecular complexity index is 594. The Hall–Kier alpha value is -0.770. The summed E-state index contributed by atoms with van der Waals surface area (Å²) in [7, 11) is 0. The fraction of sp³-hybridized carbons (Fsp3) is 0.929. The van der Waals surface area contributed by atoms with Crippen LogP contribution in [0.4, 0.5) is 0 Å². The van der Waals surface area contributed by atoms with Crippen molar-refractivity contribution in [2.45, 2.75) is 60.7 Å². The number of aliphatic hydroxyl groups is 4. The molecule has 3 aliphatic heterocycles. The van der Waals surface area contributed by atoms with Crippen molar-refractivity contribution < 1.29 is 39.4 Å². The quantitative estimate of drug-likeness (QED) is 0.304. The van der Waals surface area contributed by atoms with Crippen LogP contribution in [0.25, 0.3) is 0 Å². The number of rotatable bonds is 1. The van der Waals surface area contributed by atoms with Gasteiger partial charge in [-0.1, -0.05) is 0 Å². The third kappa shape index (κ3) is 1.07. The number of fused-ring (bicyclic) bond motifs is 8. The molecule has 5 rings (SSSR count). The van der Waals surface area contributed by atoms with Crippen LogP contribution in [0, 0.1) is 11.8 Å². The molecule has 4 N–H and O–H groups in total. The van der Waals surface area contributed by atoms with Crippen LogP contribution in [-0.4, -0.2) is 79.8 Å². The molecule has 22 heavy (non-hydrogen) atoms. The third-order valence-corrected chi connectivity index (χ3v) is 6.38. The van der Waals surface area contributed by atoms with Crippen molar-refractivity contribution in [2.24, 2.45) is 11.8 Å². The lowest BCUT2D eigenvalue weighted by Gasteiger charge is -2.54. The van der Waals surface area contributed by atoms with Crippen molar-refractivity contribution in [1.29, 1.82) is 0 Å². The maximum absolute atomic E-state index is 12.3. The summed E-state index contributed by atoms with van der Waals surface area (Å²) in [4.78, 5) is 12.3. The van der Waals surface area contributed by atoms with E-state index in [1.807, 2.05) is 0 Å². The van der Waals surface area contributed by atoms with Crippen LogP contribution in [0.3, 0.4) is 0 Å². The third-order valence-electron chi connectivity index (χ3n) is 6.38. The standard InChI is InChI=1S/C14H18O8/c1-11(2,17)14(19)6-10(16)22-7(14)4(15)5-12(3-20-12)8-9(21-8)13(5,6)18/h4-9,15,17-19H,3H2,1-2H3/t4-,5?,6+,7-,8+,9-,12-,13-,14+/m0/s1. The molecule has 8 nitrogen and oxygen atoms in total. The van der Waals surface area contributed by atoms with Crippen LogP contribution in [0.1, 0.15) is 13.8 Å². The smallest absolute Gasteiger partial charge is 0.315 e. The van der Waals surface area contributed by atoms with E-state index in [2.05, 4.69) is 0 Å². The fourth-order valence-electron chi connectivity index (χ4n) is 5.29. The lowest BCUT2D eigenvalue weighted by molar-refractivity contribution is -0.279. The van der Waals surface area contributed by atoms with Crippen LogP contribution < -0.4 is 0 Å². The predicted molar refractivity (Wildman–Crippen MR) is 66.4 cm³/mol. The van der Waals surface area contributed by atoms with Crippen LogP contribution in [0.15, 0.2) is 0 Å². The van der Waals surface area contributed by atoms with Gasteiger partial charge in [0.25, 0.3) is 0 Å². The summed E-state index contributed by atoms with van der Waals surface area (Å²) in [6, 6.07) is 0. The average Bonchev–Trinajstić information content (AvgIpc) is 3.23. The molecule has 3 saturated heterocycles. The van der Waals surface area contributed by atoms with E-state index in [0.29, 0.717) is 6.61 Å². The van der Waals surface area contributed by atoms with Gasteiger partial charge in [0.1, 0.15) is 41.0 Å². The highest BCUT2D eigenvalue weighted by Gasteiger charge is 2.92. The minimum Gasteiger partial charge on any atom is -0.456 e. The first kappa shape index (κ1) is 13.6. The first-order valence-electron chi connectivity index (χ1n) is 7.45. The van der Waals surface area contributed by atoms with E-state index in [1.165, 1.54) is 13.8 Å². The molecule has 122 valence electrons. The number of epoxide rings is 2. The molecule has 1 unspecified atom stereocenters. The van der Waals surface area contributed by atoms with Gasteiger partial charge in [-0.15, -0.1) is 0 Å². The van der Waals surface area contributed by atoms with E-state index in [0.717, 1.165) is 0 Å². The van der Waals surface area contributed by atoms with Crippen LogP contribution in [-0.2, 0) is 19.0 Å². The van der Waals surface area contributed by atoms with Gasteiger partial charge in [0, 0.05) is 0 Å². The topological polar surface area (TPSA) is 132 Å². The molecule has 0 aromatic heterocycles. The Kier molecular flexibility index (Phi) is 2.00. The molecule has 2 bridgehead atoms. The van der Waals surface area contributed by atoms with E-state index >= 15 is 0 Å². The van der Waals surface area contributed by atoms with E-state index in [1.54, 1.807) is 0 Å². The van der Waals surface area contributed by atoms with Gasteiger partial charge in [0.2, 0.25) is 0 Å². The summed E-state index contributed by atoms with van der Waals surface area (Å²) < 4.78 is 16.1. The van der Waals surface area contributed by atoms with Gasteiger partial charge in [0.05, 0.1) is 18.1 Å². The minimum atomic E-state index is -2.11. The van der Waals surface area contributed by atoms with Gasteiger partial charge in [-0.2, -0.15) is 0 Å². The lowest BCUT2D eigenvalue weighted by Crippen LogP contribution is -2.76. The van der Waals surface area contributed by atoms with E-state index in [-0.39, 0.29) is 0 Å². The van der Waals surface area contributed by atoms with Gasteiger partial charge in [-0.3, -0.25) is 4.79 Å². The largest absolute Gasteiger partial charge is 0.456 e. The SMILES string of the molecule is CC(C)(O)[C@@]1(O)[C@@H]2C(=O)O[C@H]1[C@@H](O)C1[C@@]2(O)[C@H]2O[C@H]2[C@]12CO2. The number of ether oxygens (including phenoxy) is 3. The Morgan fingerprint density at radius 1 is 1.23 bits per heavy atom. The van der Waals surface area contributed by atoms with Gasteiger partial charge in [0.15, 0.2) is 6.10 Å². The number of hydrogen-bond donors (Lipinski definition) is 4. The zero-order valence-electron chi connectivity index (χ0n) is 12.1. The maximum Gasteiger partial charge on any atom is 0.315 e. The molecule has 2 aliphatic carbocycles. The molecule has 0 aromatic carbocycles. The summed E-state index contributed by atoms with van der Waals surface area (Å²) in [5, 5.41) is 43.5. The van der Waals surface area contributed by atoms with Crippen LogP contribution in [0.5, 0.6) is 0 Å². The lowest BCUT2D eigenvalue weighted by atomic mass is 9.55. The van der Waals surface area contributed by atoms with Crippen molar-refractivity contribution in [2.75, 3.05) is 6.61 Å². The molecule has 5 fully saturated rings. The van der Waals surface area contributed by atoms with Crippen molar-refractivity contribution in [1.82, 2.24) is 0 Å². The molecule has 2 saturated carbocycles. The van der Waals surface area contributed by atoms with E-state index < -0.39 is 64.6 Å². The number of carbonyl (C=O) groups excluding carboxylic acids is 1. The molecule has 0 radical (unpaired) electrons. The maximum atomic E-state index is 12.3. The van der Waals surface area contributed by atoms with Crippen LogP contribution in [0.2, 0.25) is 0 Å². The Morgan fingerprint density at radius 2 is 1.86 bits per heavy atom. The summed E-state index contributed by atoms with van der Waals surface area (Å²) in [6.45, 7) is 2.98. The fourth-order valence-corrected chi connectivity index (χ4v) is 5.29. The number of esters is 1. The predicted octanol–water partition coefficient (Wildman–Crippen LogP) is -2.70. The van der Waals surface area contributed by atoms with Gasteiger partial charge in [-0.05, 0) is 13.8 Å². The molecular weight excluding hydrogens is 296 g/mol. The highest BCUT2D eigenvalue weighted by atomic mass is 16.7. The number of aliphatic hydroxyl groups excluding tert-OH is 1. The van der Waals surface area contributed by atoms with Gasteiger partial charge >= 0.3 is 5.97 Å². The Morgan fingerprint density at radius 3 is 2.41 bits per heavy atom. The first-order chi connectivity index (χ1) is 10.1. The number of hydrogen-bond acceptors (Lipinski definition) is 8. The molecule has 8 heteroatoms.